The average Bonchev–Trinajstić information content (AvgIpc) is 3.22. The van der Waals surface area contributed by atoms with Crippen molar-refractivity contribution in [2.45, 2.75) is 39.7 Å². The Labute approximate surface area is 134 Å². The Kier molecular flexibility index (Phi) is 4.14. The number of fused-ring (bicyclic) bond motifs is 1. The van der Waals surface area contributed by atoms with Crippen molar-refractivity contribution in [1.29, 1.82) is 0 Å². The van der Waals surface area contributed by atoms with Crippen molar-refractivity contribution in [1.82, 2.24) is 19.9 Å². The van der Waals surface area contributed by atoms with Crippen molar-refractivity contribution in [3.05, 3.63) is 41.9 Å². The summed E-state index contributed by atoms with van der Waals surface area (Å²) in [6.07, 6.45) is 3.24. The van der Waals surface area contributed by atoms with E-state index in [1.807, 2.05) is 39.0 Å². The minimum atomic E-state index is -0.155. The molecule has 0 saturated carbocycles. The lowest BCUT2D eigenvalue weighted by Crippen LogP contribution is -2.32. The maximum absolute atomic E-state index is 12.3. The third kappa shape index (κ3) is 2.97. The fourth-order valence-electron chi connectivity index (χ4n) is 2.35. The Hall–Kier alpha value is -2.63. The molecule has 0 aliphatic heterocycles. The predicted octanol–water partition coefficient (Wildman–Crippen LogP) is 3.08. The molecule has 0 saturated heterocycles. The number of nitrogens with zero attached hydrogens (tertiary/aromatic N) is 3. The molecule has 0 spiro atoms. The molecule has 23 heavy (non-hydrogen) atoms. The van der Waals surface area contributed by atoms with Gasteiger partial charge in [0.1, 0.15) is 11.4 Å². The molecule has 6 heteroatoms. The lowest BCUT2D eigenvalue weighted by molar-refractivity contribution is 0.0934. The Bertz CT molecular complexity index is 821. The van der Waals surface area contributed by atoms with Crippen LogP contribution in [0, 0.1) is 0 Å². The molecular formula is C17H20N4O2. The molecule has 0 aliphatic rings. The van der Waals surface area contributed by atoms with Crippen LogP contribution in [0.1, 0.15) is 43.4 Å². The molecule has 3 aromatic heterocycles. The number of aromatic nitrogens is 3. The summed E-state index contributed by atoms with van der Waals surface area (Å²) in [6.45, 7) is 6.04. The van der Waals surface area contributed by atoms with Crippen LogP contribution in [0.5, 0.6) is 0 Å². The van der Waals surface area contributed by atoms with Crippen molar-refractivity contribution in [3.63, 3.8) is 0 Å². The van der Waals surface area contributed by atoms with Gasteiger partial charge in [0.05, 0.1) is 6.26 Å². The standard InChI is InChI=1S/C17H20N4O2/c1-4-11(3)18-17(22)14-9-12(5-2)21-16(19-14)10-13(20-21)15-7-6-8-23-15/h6-11H,4-5H2,1-3H3,(H,18,22). The van der Waals surface area contributed by atoms with Crippen molar-refractivity contribution in [2.75, 3.05) is 0 Å². The normalized spacial score (nSPS) is 12.5. The van der Waals surface area contributed by atoms with Gasteiger partial charge in [-0.1, -0.05) is 13.8 Å². The van der Waals surface area contributed by atoms with Crippen LogP contribution < -0.4 is 5.32 Å². The number of carbonyl (C=O) groups is 1. The molecule has 0 aromatic carbocycles. The van der Waals surface area contributed by atoms with Crippen LogP contribution in [0.2, 0.25) is 0 Å². The Morgan fingerprint density at radius 1 is 1.39 bits per heavy atom. The van der Waals surface area contributed by atoms with Gasteiger partial charge in [-0.25, -0.2) is 9.50 Å². The monoisotopic (exact) mass is 312 g/mol. The number of carbonyl (C=O) groups excluding carboxylic acids is 1. The largest absolute Gasteiger partial charge is 0.463 e. The molecule has 6 nitrogen and oxygen atoms in total. The lowest BCUT2D eigenvalue weighted by atomic mass is 10.2. The van der Waals surface area contributed by atoms with Gasteiger partial charge in [0.15, 0.2) is 11.4 Å². The summed E-state index contributed by atoms with van der Waals surface area (Å²) in [7, 11) is 0. The topological polar surface area (TPSA) is 72.4 Å². The van der Waals surface area contributed by atoms with E-state index in [0.29, 0.717) is 22.8 Å². The maximum Gasteiger partial charge on any atom is 0.270 e. The molecule has 1 N–H and O–H groups in total. The molecular weight excluding hydrogens is 292 g/mol. The van der Waals surface area contributed by atoms with Gasteiger partial charge in [-0.2, -0.15) is 5.10 Å². The molecule has 0 aliphatic carbocycles. The van der Waals surface area contributed by atoms with Gasteiger partial charge in [0.25, 0.3) is 5.91 Å². The lowest BCUT2D eigenvalue weighted by Gasteiger charge is -2.11. The second-order valence-electron chi connectivity index (χ2n) is 5.55. The SMILES string of the molecule is CCc1cc(C(=O)NC(C)CC)nc2cc(-c3ccco3)nn12. The molecule has 1 atom stereocenters. The van der Waals surface area contributed by atoms with Crippen LogP contribution >= 0.6 is 0 Å². The Morgan fingerprint density at radius 2 is 2.22 bits per heavy atom. The quantitative estimate of drug-likeness (QED) is 0.786. The number of furan rings is 1. The van der Waals surface area contributed by atoms with Crippen molar-refractivity contribution >= 4 is 11.6 Å². The minimum absolute atomic E-state index is 0.120. The van der Waals surface area contributed by atoms with E-state index < -0.39 is 0 Å². The number of nitrogens with one attached hydrogen (secondary N) is 1. The summed E-state index contributed by atoms with van der Waals surface area (Å²) < 4.78 is 7.15. The highest BCUT2D eigenvalue weighted by Crippen LogP contribution is 2.20. The maximum atomic E-state index is 12.3. The fraction of sp³-hybridized carbons (Fsp3) is 0.353. The van der Waals surface area contributed by atoms with Crippen molar-refractivity contribution in [3.8, 4) is 11.5 Å². The molecule has 0 radical (unpaired) electrons. The van der Waals surface area contributed by atoms with Gasteiger partial charge in [-0.3, -0.25) is 4.79 Å². The van der Waals surface area contributed by atoms with Gasteiger partial charge < -0.3 is 9.73 Å². The van der Waals surface area contributed by atoms with E-state index in [0.717, 1.165) is 18.5 Å². The molecule has 120 valence electrons. The number of aryl methyl sites for hydroxylation is 1. The van der Waals surface area contributed by atoms with E-state index in [1.165, 1.54) is 0 Å². The zero-order chi connectivity index (χ0) is 16.4. The smallest absolute Gasteiger partial charge is 0.270 e. The van der Waals surface area contributed by atoms with Crippen LogP contribution in [0.4, 0.5) is 0 Å². The summed E-state index contributed by atoms with van der Waals surface area (Å²) >= 11 is 0. The molecule has 3 aromatic rings. The van der Waals surface area contributed by atoms with Gasteiger partial charge in [-0.05, 0) is 38.0 Å². The first-order valence-electron chi connectivity index (χ1n) is 7.86. The molecule has 3 rings (SSSR count). The summed E-state index contributed by atoms with van der Waals surface area (Å²) in [5.41, 5.74) is 2.70. The summed E-state index contributed by atoms with van der Waals surface area (Å²) in [4.78, 5) is 16.8. The first-order valence-corrected chi connectivity index (χ1v) is 7.86. The highest BCUT2D eigenvalue weighted by atomic mass is 16.3. The number of rotatable bonds is 5. The van der Waals surface area contributed by atoms with Crippen molar-refractivity contribution < 1.29 is 9.21 Å². The van der Waals surface area contributed by atoms with Crippen LogP contribution in [-0.4, -0.2) is 26.5 Å². The summed E-state index contributed by atoms with van der Waals surface area (Å²) in [5, 5.41) is 7.48. The number of hydrogen-bond acceptors (Lipinski definition) is 4. The minimum Gasteiger partial charge on any atom is -0.463 e. The fourth-order valence-corrected chi connectivity index (χ4v) is 2.35. The van der Waals surface area contributed by atoms with E-state index in [9.17, 15) is 4.79 Å². The van der Waals surface area contributed by atoms with Gasteiger partial charge >= 0.3 is 0 Å². The predicted molar refractivity (Wildman–Crippen MR) is 87.3 cm³/mol. The Balaban J connectivity index is 2.03. The molecule has 3 heterocycles. The first kappa shape index (κ1) is 15.3. The average molecular weight is 312 g/mol. The van der Waals surface area contributed by atoms with Gasteiger partial charge in [0, 0.05) is 17.8 Å². The number of amides is 1. The van der Waals surface area contributed by atoms with E-state index in [1.54, 1.807) is 16.8 Å². The molecule has 1 amide bonds. The zero-order valence-corrected chi connectivity index (χ0v) is 13.5. The third-order valence-electron chi connectivity index (χ3n) is 3.86. The number of hydrogen-bond donors (Lipinski definition) is 1. The van der Waals surface area contributed by atoms with Crippen LogP contribution in [0.25, 0.3) is 17.1 Å². The molecule has 0 bridgehead atoms. The summed E-state index contributed by atoms with van der Waals surface area (Å²) in [5.74, 6) is 0.528. The highest BCUT2D eigenvalue weighted by Gasteiger charge is 2.16. The molecule has 0 fully saturated rings. The van der Waals surface area contributed by atoms with Crippen molar-refractivity contribution in [2.24, 2.45) is 0 Å². The van der Waals surface area contributed by atoms with Gasteiger partial charge in [-0.15, -0.1) is 0 Å². The second kappa shape index (κ2) is 6.24. The Morgan fingerprint density at radius 3 is 2.87 bits per heavy atom. The van der Waals surface area contributed by atoms with Crippen LogP contribution in [-0.2, 0) is 6.42 Å². The van der Waals surface area contributed by atoms with E-state index in [2.05, 4.69) is 15.4 Å². The van der Waals surface area contributed by atoms with E-state index >= 15 is 0 Å². The second-order valence-corrected chi connectivity index (χ2v) is 5.55. The highest BCUT2D eigenvalue weighted by molar-refractivity contribution is 5.93. The van der Waals surface area contributed by atoms with E-state index in [-0.39, 0.29) is 11.9 Å². The summed E-state index contributed by atoms with van der Waals surface area (Å²) in [6, 6.07) is 7.42. The first-order chi connectivity index (χ1) is 11.1. The van der Waals surface area contributed by atoms with Gasteiger partial charge in [0.2, 0.25) is 0 Å². The van der Waals surface area contributed by atoms with Crippen LogP contribution in [0.3, 0.4) is 0 Å². The van der Waals surface area contributed by atoms with Crippen LogP contribution in [0.15, 0.2) is 34.9 Å². The molecule has 1 unspecified atom stereocenters. The van der Waals surface area contributed by atoms with E-state index in [4.69, 9.17) is 4.42 Å². The third-order valence-corrected chi connectivity index (χ3v) is 3.86. The zero-order valence-electron chi connectivity index (χ0n) is 13.5.